The van der Waals surface area contributed by atoms with E-state index in [0.717, 1.165) is 25.5 Å². The van der Waals surface area contributed by atoms with Gasteiger partial charge in [-0.15, -0.1) is 0 Å². The van der Waals surface area contributed by atoms with Gasteiger partial charge in [0.2, 0.25) is 0 Å². The van der Waals surface area contributed by atoms with Crippen molar-refractivity contribution >= 4 is 16.0 Å². The molecule has 0 aliphatic heterocycles. The van der Waals surface area contributed by atoms with Gasteiger partial charge in [-0.3, -0.25) is 5.10 Å². The molecule has 0 aromatic carbocycles. The zero-order valence-corrected chi connectivity index (χ0v) is 12.6. The Balaban J connectivity index is 2.34. The first-order valence-electron chi connectivity index (χ1n) is 6.85. The Morgan fingerprint density at radius 1 is 1.57 bits per heavy atom. The number of ether oxygens (including phenoxy) is 1. The van der Waals surface area contributed by atoms with Crippen molar-refractivity contribution < 1.29 is 23.1 Å². The van der Waals surface area contributed by atoms with Crippen LogP contribution in [0.25, 0.3) is 0 Å². The van der Waals surface area contributed by atoms with Crippen LogP contribution in [0.2, 0.25) is 0 Å². The van der Waals surface area contributed by atoms with Crippen molar-refractivity contribution in [1.29, 1.82) is 0 Å². The average Bonchev–Trinajstić information content (AvgIpc) is 2.86. The van der Waals surface area contributed by atoms with Crippen molar-refractivity contribution in [1.82, 2.24) is 14.5 Å². The zero-order valence-electron chi connectivity index (χ0n) is 11.8. The number of aromatic amines is 1. The molecule has 118 valence electrons. The van der Waals surface area contributed by atoms with Crippen molar-refractivity contribution in [3.8, 4) is 0 Å². The van der Waals surface area contributed by atoms with Crippen molar-refractivity contribution in [2.24, 2.45) is 0 Å². The number of hydrogen-bond acceptors (Lipinski definition) is 6. The molecular weight excluding hydrogens is 298 g/mol. The highest BCUT2D eigenvalue weighted by molar-refractivity contribution is 7.89. The van der Waals surface area contributed by atoms with Gasteiger partial charge in [-0.1, -0.05) is 6.42 Å². The number of rotatable bonds is 7. The smallest absolute Gasteiger partial charge is 0.342 e. The molecule has 1 saturated carbocycles. The first-order chi connectivity index (χ1) is 10.0. The molecule has 0 saturated heterocycles. The van der Waals surface area contributed by atoms with E-state index in [-0.39, 0.29) is 36.4 Å². The number of H-pyrrole nitrogens is 1. The van der Waals surface area contributed by atoms with Crippen molar-refractivity contribution in [3.05, 3.63) is 11.8 Å². The first-order valence-corrected chi connectivity index (χ1v) is 8.29. The summed E-state index contributed by atoms with van der Waals surface area (Å²) < 4.78 is 31.4. The summed E-state index contributed by atoms with van der Waals surface area (Å²) in [4.78, 5) is 11.8. The predicted octanol–water partition coefficient (Wildman–Crippen LogP) is 0.122. The Bertz CT molecular complexity index is 594. The van der Waals surface area contributed by atoms with E-state index in [2.05, 4.69) is 10.2 Å². The fourth-order valence-corrected chi connectivity index (χ4v) is 3.96. The van der Waals surface area contributed by atoms with E-state index in [1.165, 1.54) is 4.31 Å². The molecule has 2 rings (SSSR count). The molecule has 0 amide bonds. The Hall–Kier alpha value is -1.45. The molecular formula is C12H19N3O5S. The van der Waals surface area contributed by atoms with E-state index < -0.39 is 16.0 Å². The molecule has 9 heteroatoms. The molecule has 1 aliphatic carbocycles. The van der Waals surface area contributed by atoms with Gasteiger partial charge in [-0.05, 0) is 19.8 Å². The molecule has 1 aromatic heterocycles. The monoisotopic (exact) mass is 317 g/mol. The van der Waals surface area contributed by atoms with Gasteiger partial charge < -0.3 is 9.84 Å². The number of esters is 1. The van der Waals surface area contributed by atoms with Gasteiger partial charge in [0.05, 0.1) is 19.4 Å². The Morgan fingerprint density at radius 3 is 2.81 bits per heavy atom. The minimum absolute atomic E-state index is 0.00567. The third-order valence-corrected chi connectivity index (χ3v) is 5.39. The first kappa shape index (κ1) is 15.9. The maximum Gasteiger partial charge on any atom is 0.342 e. The maximum absolute atomic E-state index is 12.7. The second kappa shape index (κ2) is 6.54. The number of carbonyl (C=O) groups is 1. The van der Waals surface area contributed by atoms with Crippen LogP contribution in [0.15, 0.2) is 11.2 Å². The van der Waals surface area contributed by atoms with Crippen LogP contribution in [0.4, 0.5) is 0 Å². The Labute approximate surface area is 123 Å². The van der Waals surface area contributed by atoms with E-state index in [0.29, 0.717) is 0 Å². The molecule has 21 heavy (non-hydrogen) atoms. The van der Waals surface area contributed by atoms with Crippen LogP contribution in [-0.4, -0.2) is 59.8 Å². The molecule has 1 heterocycles. The van der Waals surface area contributed by atoms with Gasteiger partial charge in [0, 0.05) is 12.6 Å². The summed E-state index contributed by atoms with van der Waals surface area (Å²) in [6.45, 7) is 1.50. The van der Waals surface area contributed by atoms with E-state index in [4.69, 9.17) is 9.84 Å². The van der Waals surface area contributed by atoms with E-state index in [9.17, 15) is 13.2 Å². The van der Waals surface area contributed by atoms with Gasteiger partial charge in [-0.25, -0.2) is 13.2 Å². The van der Waals surface area contributed by atoms with Crippen LogP contribution in [0.1, 0.15) is 36.5 Å². The number of nitrogens with zero attached hydrogens (tertiary/aromatic N) is 2. The molecule has 0 unspecified atom stereocenters. The summed E-state index contributed by atoms with van der Waals surface area (Å²) in [5.74, 6) is -0.734. The summed E-state index contributed by atoms with van der Waals surface area (Å²) >= 11 is 0. The van der Waals surface area contributed by atoms with Crippen molar-refractivity contribution in [3.63, 3.8) is 0 Å². The van der Waals surface area contributed by atoms with Crippen LogP contribution >= 0.6 is 0 Å². The Morgan fingerprint density at radius 2 is 2.29 bits per heavy atom. The highest BCUT2D eigenvalue weighted by Gasteiger charge is 2.37. The second-order valence-electron chi connectivity index (χ2n) is 4.76. The number of aliphatic hydroxyl groups is 1. The van der Waals surface area contributed by atoms with Gasteiger partial charge in [0.1, 0.15) is 5.56 Å². The molecule has 1 aromatic rings. The SMILES string of the molecule is CCOC(=O)c1cn[nH]c1S(=O)(=O)N(CCO)C1CCC1. The molecule has 0 atom stereocenters. The summed E-state index contributed by atoms with van der Waals surface area (Å²) in [7, 11) is -3.92. The van der Waals surface area contributed by atoms with Gasteiger partial charge in [0.25, 0.3) is 10.0 Å². The summed E-state index contributed by atoms with van der Waals surface area (Å²) in [6.07, 6.45) is 3.60. The number of aliphatic hydroxyl groups excluding tert-OH is 1. The van der Waals surface area contributed by atoms with Crippen molar-refractivity contribution in [2.75, 3.05) is 19.8 Å². The number of nitrogens with one attached hydrogen (secondary N) is 1. The highest BCUT2D eigenvalue weighted by Crippen LogP contribution is 2.30. The fraction of sp³-hybridized carbons (Fsp3) is 0.667. The van der Waals surface area contributed by atoms with Crippen molar-refractivity contribution in [2.45, 2.75) is 37.3 Å². The second-order valence-corrected chi connectivity index (χ2v) is 6.58. The molecule has 1 aliphatic rings. The number of sulfonamides is 1. The lowest BCUT2D eigenvalue weighted by Gasteiger charge is -2.35. The molecule has 0 spiro atoms. The third kappa shape index (κ3) is 3.09. The lowest BCUT2D eigenvalue weighted by molar-refractivity contribution is 0.0521. The van der Waals surface area contributed by atoms with Crippen LogP contribution in [0.5, 0.6) is 0 Å². The van der Waals surface area contributed by atoms with E-state index in [1.807, 2.05) is 0 Å². The lowest BCUT2D eigenvalue weighted by Crippen LogP contribution is -2.46. The molecule has 2 N–H and O–H groups in total. The fourth-order valence-electron chi connectivity index (χ4n) is 2.21. The topological polar surface area (TPSA) is 113 Å². The van der Waals surface area contributed by atoms with Gasteiger partial charge in [0.15, 0.2) is 5.03 Å². The highest BCUT2D eigenvalue weighted by atomic mass is 32.2. The standard InChI is InChI=1S/C12H19N3O5S/c1-2-20-12(17)10-8-13-14-11(10)21(18,19)15(6-7-16)9-4-3-5-9/h8-9,16H,2-7H2,1H3,(H,13,14). The van der Waals surface area contributed by atoms with Crippen LogP contribution in [0.3, 0.4) is 0 Å². The summed E-state index contributed by atoms with van der Waals surface area (Å²) in [5.41, 5.74) is -0.112. The third-order valence-electron chi connectivity index (χ3n) is 3.47. The average molecular weight is 317 g/mol. The number of aromatic nitrogens is 2. The van der Waals surface area contributed by atoms with Crippen LogP contribution in [0, 0.1) is 0 Å². The van der Waals surface area contributed by atoms with Gasteiger partial charge in [-0.2, -0.15) is 9.40 Å². The van der Waals surface area contributed by atoms with Crippen LogP contribution in [-0.2, 0) is 14.8 Å². The predicted molar refractivity (Wildman–Crippen MR) is 73.2 cm³/mol. The Kier molecular flexibility index (Phi) is 4.96. The van der Waals surface area contributed by atoms with E-state index >= 15 is 0 Å². The van der Waals surface area contributed by atoms with Crippen LogP contribution < -0.4 is 0 Å². The maximum atomic E-state index is 12.7. The number of carbonyl (C=O) groups excluding carboxylic acids is 1. The zero-order chi connectivity index (χ0) is 15.5. The largest absolute Gasteiger partial charge is 0.462 e. The lowest BCUT2D eigenvalue weighted by atomic mass is 9.93. The normalized spacial score (nSPS) is 16.0. The molecule has 0 radical (unpaired) electrons. The quantitative estimate of drug-likeness (QED) is 0.691. The minimum Gasteiger partial charge on any atom is -0.462 e. The van der Waals surface area contributed by atoms with E-state index in [1.54, 1.807) is 6.92 Å². The molecule has 8 nitrogen and oxygen atoms in total. The van der Waals surface area contributed by atoms with Gasteiger partial charge >= 0.3 is 5.97 Å². The summed E-state index contributed by atoms with van der Waals surface area (Å²) in [6, 6.07) is -0.138. The number of hydrogen-bond donors (Lipinski definition) is 2. The molecule has 0 bridgehead atoms. The summed E-state index contributed by atoms with van der Waals surface area (Å²) in [5, 5.41) is 14.8. The minimum atomic E-state index is -3.92. The molecule has 1 fully saturated rings.